The Hall–Kier alpha value is -2.11. The molecule has 1 aromatic rings. The van der Waals surface area contributed by atoms with Crippen molar-refractivity contribution in [3.8, 4) is 0 Å². The minimum absolute atomic E-state index is 0.0434. The number of carboxylic acids is 1. The van der Waals surface area contributed by atoms with Gasteiger partial charge in [-0.25, -0.2) is 14.6 Å². The smallest absolute Gasteiger partial charge is 0.354 e. The van der Waals surface area contributed by atoms with Gasteiger partial charge in [0.15, 0.2) is 0 Å². The van der Waals surface area contributed by atoms with Crippen LogP contribution in [0, 0.1) is 5.92 Å². The lowest BCUT2D eigenvalue weighted by atomic mass is 9.89. The number of carbonyl (C=O) groups excluding carboxylic acids is 1. The largest absolute Gasteiger partial charge is 0.477 e. The van der Waals surface area contributed by atoms with Crippen LogP contribution >= 0.6 is 0 Å². The Morgan fingerprint density at radius 2 is 2.00 bits per heavy atom. The average molecular weight is 277 g/mol. The Morgan fingerprint density at radius 1 is 1.25 bits per heavy atom. The van der Waals surface area contributed by atoms with Crippen LogP contribution in [-0.4, -0.2) is 28.6 Å². The van der Waals surface area contributed by atoms with E-state index in [4.69, 9.17) is 5.11 Å². The summed E-state index contributed by atoms with van der Waals surface area (Å²) in [7, 11) is 0. The van der Waals surface area contributed by atoms with Crippen molar-refractivity contribution in [2.45, 2.75) is 32.1 Å². The highest BCUT2D eigenvalue weighted by molar-refractivity contribution is 5.90. The summed E-state index contributed by atoms with van der Waals surface area (Å²) in [5.41, 5.74) is 0.439. The second kappa shape index (κ2) is 6.88. The van der Waals surface area contributed by atoms with Crippen LogP contribution in [0.25, 0.3) is 0 Å². The minimum atomic E-state index is -1.08. The number of rotatable bonds is 4. The molecule has 0 unspecified atom stereocenters. The van der Waals surface area contributed by atoms with Gasteiger partial charge in [0.05, 0.1) is 11.9 Å². The summed E-state index contributed by atoms with van der Waals surface area (Å²) in [5, 5.41) is 14.2. The summed E-state index contributed by atoms with van der Waals surface area (Å²) in [6.07, 6.45) is 7.47. The van der Waals surface area contributed by atoms with Crippen molar-refractivity contribution < 1.29 is 14.7 Å². The number of aromatic nitrogens is 1. The van der Waals surface area contributed by atoms with Gasteiger partial charge in [0, 0.05) is 6.54 Å². The van der Waals surface area contributed by atoms with Gasteiger partial charge in [0.1, 0.15) is 5.69 Å². The fourth-order valence-corrected chi connectivity index (χ4v) is 2.40. The Labute approximate surface area is 117 Å². The van der Waals surface area contributed by atoms with Crippen LogP contribution in [0.4, 0.5) is 10.5 Å². The second-order valence-corrected chi connectivity index (χ2v) is 5.08. The Kier molecular flexibility index (Phi) is 4.92. The van der Waals surface area contributed by atoms with E-state index in [9.17, 15) is 9.59 Å². The predicted octanol–water partition coefficient (Wildman–Crippen LogP) is 2.48. The molecule has 6 nitrogen and oxygen atoms in total. The van der Waals surface area contributed by atoms with Crippen molar-refractivity contribution in [2.75, 3.05) is 11.9 Å². The molecule has 20 heavy (non-hydrogen) atoms. The van der Waals surface area contributed by atoms with Gasteiger partial charge in [-0.1, -0.05) is 19.3 Å². The predicted molar refractivity (Wildman–Crippen MR) is 74.8 cm³/mol. The first-order chi connectivity index (χ1) is 9.65. The van der Waals surface area contributed by atoms with Crippen LogP contribution in [0.1, 0.15) is 42.6 Å². The van der Waals surface area contributed by atoms with Crippen LogP contribution in [-0.2, 0) is 0 Å². The summed E-state index contributed by atoms with van der Waals surface area (Å²) in [5.74, 6) is -0.514. The molecule has 0 saturated heterocycles. The van der Waals surface area contributed by atoms with Gasteiger partial charge in [-0.15, -0.1) is 0 Å². The summed E-state index contributed by atoms with van der Waals surface area (Å²) >= 11 is 0. The maximum atomic E-state index is 11.7. The molecule has 1 aliphatic carbocycles. The lowest BCUT2D eigenvalue weighted by Crippen LogP contribution is -2.33. The van der Waals surface area contributed by atoms with Gasteiger partial charge >= 0.3 is 12.0 Å². The monoisotopic (exact) mass is 277 g/mol. The number of nitrogens with one attached hydrogen (secondary N) is 2. The Balaban J connectivity index is 1.77. The number of aromatic carboxylic acids is 1. The van der Waals surface area contributed by atoms with Crippen molar-refractivity contribution in [3.05, 3.63) is 24.0 Å². The van der Waals surface area contributed by atoms with E-state index in [0.29, 0.717) is 18.2 Å². The Morgan fingerprint density at radius 3 is 2.60 bits per heavy atom. The number of carboxylic acid groups (broad SMARTS) is 1. The third-order valence-corrected chi connectivity index (χ3v) is 3.52. The number of nitrogens with zero attached hydrogens (tertiary/aromatic N) is 1. The zero-order valence-corrected chi connectivity index (χ0v) is 11.3. The van der Waals surface area contributed by atoms with E-state index < -0.39 is 5.97 Å². The highest BCUT2D eigenvalue weighted by atomic mass is 16.4. The van der Waals surface area contributed by atoms with Crippen molar-refractivity contribution in [1.82, 2.24) is 10.3 Å². The summed E-state index contributed by atoms with van der Waals surface area (Å²) in [4.78, 5) is 26.1. The molecule has 0 aromatic carbocycles. The fraction of sp³-hybridized carbons (Fsp3) is 0.500. The summed E-state index contributed by atoms with van der Waals surface area (Å²) < 4.78 is 0. The zero-order chi connectivity index (χ0) is 14.4. The van der Waals surface area contributed by atoms with Crippen molar-refractivity contribution in [3.63, 3.8) is 0 Å². The van der Waals surface area contributed by atoms with Crippen LogP contribution in [0.5, 0.6) is 0 Å². The SMILES string of the molecule is O=C(NCC1CCCCC1)Nc1ccc(C(=O)O)nc1. The van der Waals surface area contributed by atoms with E-state index >= 15 is 0 Å². The van der Waals surface area contributed by atoms with E-state index in [2.05, 4.69) is 15.6 Å². The lowest BCUT2D eigenvalue weighted by Gasteiger charge is -2.21. The quantitative estimate of drug-likeness (QED) is 0.788. The lowest BCUT2D eigenvalue weighted by molar-refractivity contribution is 0.0690. The van der Waals surface area contributed by atoms with Crippen LogP contribution in [0.15, 0.2) is 18.3 Å². The van der Waals surface area contributed by atoms with Gasteiger partial charge in [-0.05, 0) is 30.9 Å². The third-order valence-electron chi connectivity index (χ3n) is 3.52. The molecule has 1 aromatic heterocycles. The first-order valence-electron chi connectivity index (χ1n) is 6.89. The number of anilines is 1. The first kappa shape index (κ1) is 14.3. The number of hydrogen-bond acceptors (Lipinski definition) is 3. The molecule has 1 saturated carbocycles. The highest BCUT2D eigenvalue weighted by Gasteiger charge is 2.14. The fourth-order valence-electron chi connectivity index (χ4n) is 2.40. The molecule has 0 radical (unpaired) electrons. The molecule has 1 aliphatic rings. The summed E-state index contributed by atoms with van der Waals surface area (Å²) in [6.45, 7) is 0.687. The molecular formula is C14H19N3O3. The molecule has 0 spiro atoms. The molecule has 0 bridgehead atoms. The van der Waals surface area contributed by atoms with E-state index in [0.717, 1.165) is 0 Å². The van der Waals surface area contributed by atoms with Crippen molar-refractivity contribution >= 4 is 17.7 Å². The van der Waals surface area contributed by atoms with E-state index in [1.807, 2.05) is 0 Å². The number of pyridine rings is 1. The molecule has 2 rings (SSSR count). The van der Waals surface area contributed by atoms with Crippen molar-refractivity contribution in [2.24, 2.45) is 5.92 Å². The number of amides is 2. The van der Waals surface area contributed by atoms with Gasteiger partial charge in [-0.2, -0.15) is 0 Å². The van der Waals surface area contributed by atoms with Crippen LogP contribution in [0.3, 0.4) is 0 Å². The van der Waals surface area contributed by atoms with Crippen LogP contribution < -0.4 is 10.6 Å². The molecule has 2 amide bonds. The molecule has 1 fully saturated rings. The molecule has 0 aliphatic heterocycles. The number of urea groups is 1. The highest BCUT2D eigenvalue weighted by Crippen LogP contribution is 2.22. The number of hydrogen-bond donors (Lipinski definition) is 3. The standard InChI is InChI=1S/C14H19N3O3/c18-13(19)12-7-6-11(9-15-12)17-14(20)16-8-10-4-2-1-3-5-10/h6-7,9-10H,1-5,8H2,(H,18,19)(H2,16,17,20). The van der Waals surface area contributed by atoms with Crippen molar-refractivity contribution in [1.29, 1.82) is 0 Å². The first-order valence-corrected chi connectivity index (χ1v) is 6.89. The van der Waals surface area contributed by atoms with Gasteiger partial charge < -0.3 is 15.7 Å². The topological polar surface area (TPSA) is 91.3 Å². The van der Waals surface area contributed by atoms with E-state index in [1.54, 1.807) is 0 Å². The zero-order valence-electron chi connectivity index (χ0n) is 11.3. The maximum absolute atomic E-state index is 11.7. The average Bonchev–Trinajstić information content (AvgIpc) is 2.47. The Bertz CT molecular complexity index is 467. The molecule has 108 valence electrons. The molecule has 3 N–H and O–H groups in total. The summed E-state index contributed by atoms with van der Waals surface area (Å²) in [6, 6.07) is 2.61. The van der Waals surface area contributed by atoms with E-state index in [1.165, 1.54) is 50.4 Å². The normalized spacial score (nSPS) is 15.6. The minimum Gasteiger partial charge on any atom is -0.477 e. The second-order valence-electron chi connectivity index (χ2n) is 5.08. The van der Waals surface area contributed by atoms with Crippen LogP contribution in [0.2, 0.25) is 0 Å². The molecular weight excluding hydrogens is 258 g/mol. The van der Waals surface area contributed by atoms with Gasteiger partial charge in [0.2, 0.25) is 0 Å². The molecule has 1 heterocycles. The third kappa shape index (κ3) is 4.22. The molecule has 0 atom stereocenters. The molecule has 6 heteroatoms. The van der Waals surface area contributed by atoms with Gasteiger partial charge in [0.25, 0.3) is 0 Å². The van der Waals surface area contributed by atoms with Gasteiger partial charge in [-0.3, -0.25) is 0 Å². The maximum Gasteiger partial charge on any atom is 0.354 e. The number of carbonyl (C=O) groups is 2. The van der Waals surface area contributed by atoms with E-state index in [-0.39, 0.29) is 11.7 Å².